The maximum Gasteiger partial charge on any atom is 0.354 e. The fraction of sp³-hybridized carbons (Fsp3) is 0.444. The first-order valence-corrected chi connectivity index (χ1v) is 4.16. The molecule has 0 radical (unpaired) electrons. The second-order valence-electron chi connectivity index (χ2n) is 4.04. The largest absolute Gasteiger partial charge is 0.477 e. The maximum absolute atomic E-state index is 11.0. The van der Waals surface area contributed by atoms with Crippen molar-refractivity contribution in [3.63, 3.8) is 0 Å². The Morgan fingerprint density at radius 3 is 2.50 bits per heavy atom. The van der Waals surface area contributed by atoms with E-state index in [0.717, 1.165) is 0 Å². The van der Waals surface area contributed by atoms with Crippen LogP contribution in [-0.4, -0.2) is 21.0 Å². The first kappa shape index (κ1) is 10.4. The lowest BCUT2D eigenvalue weighted by atomic mass is 9.91. The Morgan fingerprint density at radius 1 is 1.50 bits per heavy atom. The molecule has 0 saturated carbocycles. The van der Waals surface area contributed by atoms with Gasteiger partial charge in [0, 0.05) is 11.1 Å². The van der Waals surface area contributed by atoms with Gasteiger partial charge in [0.25, 0.3) is 0 Å². The molecule has 1 aromatic heterocycles. The van der Waals surface area contributed by atoms with Gasteiger partial charge in [-0.25, -0.2) is 9.59 Å². The average molecular weight is 196 g/mol. The molecule has 0 unspecified atom stereocenters. The summed E-state index contributed by atoms with van der Waals surface area (Å²) in [6.45, 7) is 5.64. The van der Waals surface area contributed by atoms with E-state index in [2.05, 4.69) is 9.97 Å². The van der Waals surface area contributed by atoms with Crippen LogP contribution in [-0.2, 0) is 5.41 Å². The summed E-state index contributed by atoms with van der Waals surface area (Å²) >= 11 is 0. The van der Waals surface area contributed by atoms with Crippen molar-refractivity contribution in [1.29, 1.82) is 0 Å². The molecule has 0 saturated heterocycles. The summed E-state index contributed by atoms with van der Waals surface area (Å²) in [7, 11) is 0. The highest BCUT2D eigenvalue weighted by Gasteiger charge is 2.17. The van der Waals surface area contributed by atoms with Crippen LogP contribution in [0.15, 0.2) is 10.9 Å². The van der Waals surface area contributed by atoms with Gasteiger partial charge in [0.15, 0.2) is 5.69 Å². The normalized spacial score (nSPS) is 11.4. The van der Waals surface area contributed by atoms with Crippen molar-refractivity contribution in [3.8, 4) is 0 Å². The number of aromatic amines is 1. The quantitative estimate of drug-likeness (QED) is 0.694. The minimum Gasteiger partial charge on any atom is -0.477 e. The number of aromatic nitrogens is 2. The number of hydrogen-bond donors (Lipinski definition) is 2. The van der Waals surface area contributed by atoms with Crippen LogP contribution in [0.25, 0.3) is 0 Å². The molecule has 76 valence electrons. The number of carboxylic acid groups (broad SMARTS) is 1. The molecule has 5 nitrogen and oxygen atoms in total. The minimum atomic E-state index is -1.19. The van der Waals surface area contributed by atoms with E-state index in [-0.39, 0.29) is 11.1 Å². The van der Waals surface area contributed by atoms with E-state index >= 15 is 0 Å². The summed E-state index contributed by atoms with van der Waals surface area (Å²) < 4.78 is 0. The Bertz CT molecular complexity index is 415. The van der Waals surface area contributed by atoms with Gasteiger partial charge in [0.05, 0.1) is 0 Å². The van der Waals surface area contributed by atoms with Crippen molar-refractivity contribution in [2.45, 2.75) is 26.2 Å². The zero-order valence-corrected chi connectivity index (χ0v) is 8.29. The number of nitrogens with one attached hydrogen (secondary N) is 1. The molecule has 0 atom stereocenters. The van der Waals surface area contributed by atoms with E-state index in [4.69, 9.17) is 5.11 Å². The van der Waals surface area contributed by atoms with Gasteiger partial charge in [-0.3, -0.25) is 0 Å². The van der Waals surface area contributed by atoms with Gasteiger partial charge in [-0.15, -0.1) is 0 Å². The predicted octanol–water partition coefficient (Wildman–Crippen LogP) is 0.766. The molecule has 0 fully saturated rings. The highest BCUT2D eigenvalue weighted by Crippen LogP contribution is 2.18. The van der Waals surface area contributed by atoms with Gasteiger partial charge in [0.1, 0.15) is 0 Å². The molecule has 0 amide bonds. The standard InChI is InChI=1S/C9H12N2O3/c1-9(2,3)6-4-5(7(12)13)10-8(14)11-6/h4H,1-3H3,(H,12,13)(H,10,11,14). The van der Waals surface area contributed by atoms with Gasteiger partial charge >= 0.3 is 11.7 Å². The van der Waals surface area contributed by atoms with E-state index < -0.39 is 11.7 Å². The molecule has 0 bridgehead atoms. The zero-order valence-electron chi connectivity index (χ0n) is 8.29. The smallest absolute Gasteiger partial charge is 0.354 e. The SMILES string of the molecule is CC(C)(C)c1cc(C(=O)O)nc(=O)[nH]1. The number of hydrogen-bond acceptors (Lipinski definition) is 3. The predicted molar refractivity (Wildman–Crippen MR) is 50.5 cm³/mol. The van der Waals surface area contributed by atoms with E-state index in [1.165, 1.54) is 6.07 Å². The monoisotopic (exact) mass is 196 g/mol. The van der Waals surface area contributed by atoms with Crippen molar-refractivity contribution < 1.29 is 9.90 Å². The second-order valence-corrected chi connectivity index (χ2v) is 4.04. The number of carbonyl (C=O) groups is 1. The Hall–Kier alpha value is -1.65. The topological polar surface area (TPSA) is 83.0 Å². The third-order valence-corrected chi connectivity index (χ3v) is 1.77. The van der Waals surface area contributed by atoms with Gasteiger partial charge in [0.2, 0.25) is 0 Å². The Morgan fingerprint density at radius 2 is 2.07 bits per heavy atom. The van der Waals surface area contributed by atoms with Crippen molar-refractivity contribution in [3.05, 3.63) is 27.9 Å². The average Bonchev–Trinajstić information content (AvgIpc) is 2.01. The maximum atomic E-state index is 11.0. The lowest BCUT2D eigenvalue weighted by Gasteiger charge is -2.17. The van der Waals surface area contributed by atoms with Crippen LogP contribution >= 0.6 is 0 Å². The first-order valence-electron chi connectivity index (χ1n) is 4.16. The molecule has 2 N–H and O–H groups in total. The number of nitrogens with zero attached hydrogens (tertiary/aromatic N) is 1. The van der Waals surface area contributed by atoms with E-state index in [0.29, 0.717) is 5.69 Å². The van der Waals surface area contributed by atoms with E-state index in [9.17, 15) is 9.59 Å². The molecule has 0 aliphatic rings. The minimum absolute atomic E-state index is 0.223. The van der Waals surface area contributed by atoms with Gasteiger partial charge in [-0.1, -0.05) is 20.8 Å². The van der Waals surface area contributed by atoms with Crippen molar-refractivity contribution in [1.82, 2.24) is 9.97 Å². The molecule has 1 aromatic rings. The molecule has 5 heteroatoms. The van der Waals surface area contributed by atoms with Crippen molar-refractivity contribution >= 4 is 5.97 Å². The number of carboxylic acids is 1. The summed E-state index contributed by atoms with van der Waals surface area (Å²) in [6, 6.07) is 1.38. The van der Waals surface area contributed by atoms with Crippen LogP contribution in [0.3, 0.4) is 0 Å². The molecule has 0 aliphatic heterocycles. The zero-order chi connectivity index (χ0) is 10.9. The second kappa shape index (κ2) is 3.25. The summed E-state index contributed by atoms with van der Waals surface area (Å²) in [5, 5.41) is 8.68. The van der Waals surface area contributed by atoms with Crippen molar-refractivity contribution in [2.24, 2.45) is 0 Å². The fourth-order valence-corrected chi connectivity index (χ4v) is 0.971. The van der Waals surface area contributed by atoms with Crippen LogP contribution in [0.5, 0.6) is 0 Å². The van der Waals surface area contributed by atoms with Crippen LogP contribution in [0.4, 0.5) is 0 Å². The molecular weight excluding hydrogens is 184 g/mol. The molecule has 1 heterocycles. The lowest BCUT2D eigenvalue weighted by Crippen LogP contribution is -2.24. The summed E-state index contributed by atoms with van der Waals surface area (Å²) in [5.41, 5.74) is -0.588. The van der Waals surface area contributed by atoms with E-state index in [1.807, 2.05) is 20.8 Å². The Kier molecular flexibility index (Phi) is 2.42. The summed E-state index contributed by atoms with van der Waals surface area (Å²) in [5.74, 6) is -1.19. The highest BCUT2D eigenvalue weighted by atomic mass is 16.4. The Labute approximate surface area is 80.8 Å². The van der Waals surface area contributed by atoms with Crippen LogP contribution in [0, 0.1) is 0 Å². The van der Waals surface area contributed by atoms with Crippen molar-refractivity contribution in [2.75, 3.05) is 0 Å². The third-order valence-electron chi connectivity index (χ3n) is 1.77. The first-order chi connectivity index (χ1) is 6.30. The number of H-pyrrole nitrogens is 1. The molecule has 0 aliphatic carbocycles. The molecule has 0 aromatic carbocycles. The fourth-order valence-electron chi connectivity index (χ4n) is 0.971. The van der Waals surface area contributed by atoms with Crippen LogP contribution in [0.2, 0.25) is 0 Å². The highest BCUT2D eigenvalue weighted by molar-refractivity contribution is 5.85. The number of aromatic carboxylic acids is 1. The van der Waals surface area contributed by atoms with Gasteiger partial charge in [-0.05, 0) is 6.07 Å². The molecule has 0 spiro atoms. The third kappa shape index (κ3) is 2.18. The van der Waals surface area contributed by atoms with Crippen LogP contribution < -0.4 is 5.69 Å². The Balaban J connectivity index is 3.35. The van der Waals surface area contributed by atoms with Gasteiger partial charge < -0.3 is 10.1 Å². The summed E-state index contributed by atoms with van der Waals surface area (Å²) in [4.78, 5) is 27.5. The molecule has 14 heavy (non-hydrogen) atoms. The van der Waals surface area contributed by atoms with Gasteiger partial charge in [-0.2, -0.15) is 4.98 Å². The lowest BCUT2D eigenvalue weighted by molar-refractivity contribution is 0.0689. The molecule has 1 rings (SSSR count). The summed E-state index contributed by atoms with van der Waals surface area (Å²) in [6.07, 6.45) is 0. The number of rotatable bonds is 1. The molecular formula is C9H12N2O3. The van der Waals surface area contributed by atoms with E-state index in [1.54, 1.807) is 0 Å². The van der Waals surface area contributed by atoms with Crippen LogP contribution in [0.1, 0.15) is 37.0 Å².